The van der Waals surface area contributed by atoms with E-state index in [9.17, 15) is 18.0 Å². The summed E-state index contributed by atoms with van der Waals surface area (Å²) in [6, 6.07) is 7.74. The number of carbonyl (C=O) groups is 1. The van der Waals surface area contributed by atoms with Crippen molar-refractivity contribution in [3.05, 3.63) is 35.9 Å². The molecule has 0 radical (unpaired) electrons. The van der Waals surface area contributed by atoms with Crippen LogP contribution in [0.4, 0.5) is 13.2 Å². The first-order valence-corrected chi connectivity index (χ1v) is 7.08. The van der Waals surface area contributed by atoms with Crippen LogP contribution in [0.5, 0.6) is 0 Å². The molecule has 0 spiro atoms. The molecule has 0 bridgehead atoms. The molecule has 2 N–H and O–H groups in total. The van der Waals surface area contributed by atoms with Gasteiger partial charge in [0, 0.05) is 19.0 Å². The molecule has 0 aliphatic carbocycles. The van der Waals surface area contributed by atoms with Gasteiger partial charge in [0.2, 0.25) is 5.91 Å². The summed E-state index contributed by atoms with van der Waals surface area (Å²) >= 11 is 0. The lowest BCUT2D eigenvalue weighted by atomic mass is 9.95. The van der Waals surface area contributed by atoms with Gasteiger partial charge in [-0.15, -0.1) is 0 Å². The van der Waals surface area contributed by atoms with Crippen molar-refractivity contribution >= 4 is 5.91 Å². The Morgan fingerprint density at radius 2 is 2.05 bits per heavy atom. The molecule has 2 unspecified atom stereocenters. The summed E-state index contributed by atoms with van der Waals surface area (Å²) in [6.07, 6.45) is -3.01. The molecule has 0 aromatic heterocycles. The van der Waals surface area contributed by atoms with Gasteiger partial charge in [-0.1, -0.05) is 30.3 Å². The molecule has 21 heavy (non-hydrogen) atoms. The lowest BCUT2D eigenvalue weighted by Gasteiger charge is -2.21. The van der Waals surface area contributed by atoms with Crippen LogP contribution in [0, 0.1) is 0 Å². The largest absolute Gasteiger partial charge is 0.396 e. The van der Waals surface area contributed by atoms with E-state index >= 15 is 0 Å². The summed E-state index contributed by atoms with van der Waals surface area (Å²) < 4.78 is 39.3. The number of amides is 1. The average Bonchev–Trinajstić information content (AvgIpc) is 2.95. The van der Waals surface area contributed by atoms with E-state index in [2.05, 4.69) is 10.6 Å². The number of hydrogen-bond donors (Lipinski definition) is 2. The van der Waals surface area contributed by atoms with Crippen molar-refractivity contribution in [3.63, 3.8) is 0 Å². The summed E-state index contributed by atoms with van der Waals surface area (Å²) in [6.45, 7) is 1.29. The van der Waals surface area contributed by atoms with E-state index in [-0.39, 0.29) is 11.6 Å². The predicted molar refractivity (Wildman–Crippen MR) is 73.9 cm³/mol. The summed E-state index contributed by atoms with van der Waals surface area (Å²) in [5.74, 6) is -2.31. The zero-order valence-electron chi connectivity index (χ0n) is 11.6. The average molecular weight is 300 g/mol. The van der Waals surface area contributed by atoms with Gasteiger partial charge in [0.1, 0.15) is 0 Å². The number of hydrogen-bond acceptors (Lipinski definition) is 2. The topological polar surface area (TPSA) is 41.1 Å². The maximum atomic E-state index is 13.1. The van der Waals surface area contributed by atoms with Gasteiger partial charge in [-0.2, -0.15) is 13.2 Å². The number of halogens is 3. The lowest BCUT2D eigenvalue weighted by molar-refractivity contribution is -0.157. The molecule has 1 aromatic rings. The van der Waals surface area contributed by atoms with E-state index in [1.807, 2.05) is 0 Å². The lowest BCUT2D eigenvalue weighted by Crippen LogP contribution is -2.38. The Hall–Kier alpha value is -1.56. The first-order chi connectivity index (χ1) is 9.97. The summed E-state index contributed by atoms with van der Waals surface area (Å²) in [5, 5.41) is 5.79. The van der Waals surface area contributed by atoms with Crippen LogP contribution < -0.4 is 10.6 Å². The highest BCUT2D eigenvalue weighted by Crippen LogP contribution is 2.37. The Bertz CT molecular complexity index is 456. The Kier molecular flexibility index (Phi) is 5.22. The molecule has 2 rings (SSSR count). The molecule has 3 nitrogen and oxygen atoms in total. The quantitative estimate of drug-likeness (QED) is 0.877. The van der Waals surface area contributed by atoms with E-state index in [0.717, 1.165) is 19.4 Å². The van der Waals surface area contributed by atoms with Gasteiger partial charge < -0.3 is 10.6 Å². The Labute approximate surface area is 121 Å². The van der Waals surface area contributed by atoms with Gasteiger partial charge in [0.25, 0.3) is 0 Å². The fourth-order valence-electron chi connectivity index (χ4n) is 2.53. The van der Waals surface area contributed by atoms with Gasteiger partial charge in [0.15, 0.2) is 0 Å². The van der Waals surface area contributed by atoms with Crippen molar-refractivity contribution in [2.75, 3.05) is 13.1 Å². The van der Waals surface area contributed by atoms with Crippen molar-refractivity contribution in [1.29, 1.82) is 0 Å². The van der Waals surface area contributed by atoms with Crippen LogP contribution in [-0.2, 0) is 4.79 Å². The maximum absolute atomic E-state index is 13.1. The molecule has 2 atom stereocenters. The van der Waals surface area contributed by atoms with E-state index in [0.29, 0.717) is 6.54 Å². The van der Waals surface area contributed by atoms with Crippen molar-refractivity contribution in [2.45, 2.75) is 37.4 Å². The number of nitrogens with one attached hydrogen (secondary N) is 2. The van der Waals surface area contributed by atoms with Gasteiger partial charge in [-0.3, -0.25) is 4.79 Å². The van der Waals surface area contributed by atoms with Crippen molar-refractivity contribution in [2.24, 2.45) is 0 Å². The number of benzene rings is 1. The molecule has 0 saturated carbocycles. The molecule has 1 heterocycles. The highest BCUT2D eigenvalue weighted by Gasteiger charge is 2.41. The minimum atomic E-state index is -4.43. The fourth-order valence-corrected chi connectivity index (χ4v) is 2.53. The van der Waals surface area contributed by atoms with E-state index < -0.39 is 24.4 Å². The molecule has 1 aromatic carbocycles. The minimum absolute atomic E-state index is 0.124. The highest BCUT2D eigenvalue weighted by molar-refractivity contribution is 5.77. The van der Waals surface area contributed by atoms with Crippen LogP contribution in [0.2, 0.25) is 0 Å². The third-order valence-corrected chi connectivity index (χ3v) is 3.69. The van der Waals surface area contributed by atoms with E-state index in [4.69, 9.17) is 0 Å². The zero-order chi connectivity index (χ0) is 15.3. The smallest absolute Gasteiger partial charge is 0.355 e. The maximum Gasteiger partial charge on any atom is 0.396 e. The molecule has 1 aliphatic rings. The van der Waals surface area contributed by atoms with Gasteiger partial charge in [-0.05, 0) is 24.9 Å². The van der Waals surface area contributed by atoms with Crippen LogP contribution >= 0.6 is 0 Å². The third-order valence-electron chi connectivity index (χ3n) is 3.69. The van der Waals surface area contributed by atoms with Gasteiger partial charge >= 0.3 is 6.18 Å². The first-order valence-electron chi connectivity index (χ1n) is 7.08. The fraction of sp³-hybridized carbons (Fsp3) is 0.533. The minimum Gasteiger partial charge on any atom is -0.355 e. The third kappa shape index (κ3) is 4.74. The summed E-state index contributed by atoms with van der Waals surface area (Å²) in [4.78, 5) is 11.8. The first kappa shape index (κ1) is 15.8. The standard InChI is InChI=1S/C15H19F3N2O/c16-15(17,18)13(11-5-2-1-3-6-11)9-14(21)20-10-12-7-4-8-19-12/h1-3,5-6,12-13,19H,4,7-10H2,(H,20,21). The molecule has 1 saturated heterocycles. The predicted octanol–water partition coefficient (Wildman–Crippen LogP) is 2.59. The van der Waals surface area contributed by atoms with Crippen LogP contribution in [0.25, 0.3) is 0 Å². The number of carbonyl (C=O) groups excluding carboxylic acids is 1. The zero-order valence-corrected chi connectivity index (χ0v) is 11.6. The second-order valence-electron chi connectivity index (χ2n) is 5.31. The molecule has 1 amide bonds. The molecule has 1 fully saturated rings. The molecule has 116 valence electrons. The number of rotatable bonds is 5. The molecular weight excluding hydrogens is 281 g/mol. The van der Waals surface area contributed by atoms with Crippen molar-refractivity contribution < 1.29 is 18.0 Å². The van der Waals surface area contributed by atoms with Crippen molar-refractivity contribution in [1.82, 2.24) is 10.6 Å². The van der Waals surface area contributed by atoms with Crippen LogP contribution in [0.1, 0.15) is 30.7 Å². The molecular formula is C15H19F3N2O. The SMILES string of the molecule is O=C(CC(c1ccccc1)C(F)(F)F)NCC1CCCN1. The van der Waals surface area contributed by atoms with E-state index in [1.54, 1.807) is 18.2 Å². The Morgan fingerprint density at radius 1 is 1.33 bits per heavy atom. The van der Waals surface area contributed by atoms with Crippen LogP contribution in [-0.4, -0.2) is 31.2 Å². The highest BCUT2D eigenvalue weighted by atomic mass is 19.4. The summed E-state index contributed by atoms with van der Waals surface area (Å²) in [5.41, 5.74) is 0.124. The molecule has 6 heteroatoms. The van der Waals surface area contributed by atoms with Gasteiger partial charge in [0.05, 0.1) is 5.92 Å². The van der Waals surface area contributed by atoms with Gasteiger partial charge in [-0.25, -0.2) is 0 Å². The normalized spacial score (nSPS) is 20.2. The second-order valence-corrected chi connectivity index (χ2v) is 5.31. The second kappa shape index (κ2) is 6.93. The van der Waals surface area contributed by atoms with Crippen LogP contribution in [0.15, 0.2) is 30.3 Å². The monoisotopic (exact) mass is 300 g/mol. The van der Waals surface area contributed by atoms with E-state index in [1.165, 1.54) is 12.1 Å². The summed E-state index contributed by atoms with van der Waals surface area (Å²) in [7, 11) is 0. The molecule has 1 aliphatic heterocycles. The Balaban J connectivity index is 1.93. The van der Waals surface area contributed by atoms with Crippen molar-refractivity contribution in [3.8, 4) is 0 Å². The Morgan fingerprint density at radius 3 is 2.62 bits per heavy atom. The van der Waals surface area contributed by atoms with Crippen LogP contribution in [0.3, 0.4) is 0 Å². The number of alkyl halides is 3.